The second-order valence-corrected chi connectivity index (χ2v) is 3.61. The minimum atomic E-state index is 0.0348. The third-order valence-electron chi connectivity index (χ3n) is 1.86. The Kier molecular flexibility index (Phi) is 4.84. The summed E-state index contributed by atoms with van der Waals surface area (Å²) in [6, 6.07) is 10.1. The third-order valence-corrected chi connectivity index (χ3v) is 1.86. The lowest BCUT2D eigenvalue weighted by atomic mass is 10.2. The monoisotopic (exact) mass is 206 g/mol. The third kappa shape index (κ3) is 5.18. The molecule has 0 saturated carbocycles. The summed E-state index contributed by atoms with van der Waals surface area (Å²) in [7, 11) is 3.78. The summed E-state index contributed by atoms with van der Waals surface area (Å²) in [4.78, 5) is 0. The van der Waals surface area contributed by atoms with Crippen molar-refractivity contribution >= 4 is 6.21 Å². The summed E-state index contributed by atoms with van der Waals surface area (Å²) < 4.78 is 5.60. The number of hydrazone groups is 1. The Morgan fingerprint density at radius 3 is 2.60 bits per heavy atom. The zero-order valence-corrected chi connectivity index (χ0v) is 9.55. The van der Waals surface area contributed by atoms with Gasteiger partial charge in [0.15, 0.2) is 0 Å². The molecule has 0 fully saturated rings. The van der Waals surface area contributed by atoms with Crippen LogP contribution in [0.5, 0.6) is 0 Å². The first-order valence-corrected chi connectivity index (χ1v) is 5.05. The van der Waals surface area contributed by atoms with Gasteiger partial charge < -0.3 is 9.75 Å². The normalized spacial score (nSPS) is 13.0. The summed E-state index contributed by atoms with van der Waals surface area (Å²) >= 11 is 0. The van der Waals surface area contributed by atoms with Crippen molar-refractivity contribution in [3.8, 4) is 0 Å². The van der Waals surface area contributed by atoms with Crippen LogP contribution in [0, 0.1) is 0 Å². The minimum absolute atomic E-state index is 0.0348. The van der Waals surface area contributed by atoms with E-state index in [0.29, 0.717) is 6.61 Å². The molecule has 0 N–H and O–H groups in total. The molecule has 3 nitrogen and oxygen atoms in total. The van der Waals surface area contributed by atoms with Crippen LogP contribution in [0.2, 0.25) is 0 Å². The molecule has 3 heteroatoms. The van der Waals surface area contributed by atoms with E-state index >= 15 is 0 Å². The molecule has 0 heterocycles. The highest BCUT2D eigenvalue weighted by Gasteiger charge is 1.98. The number of nitrogens with zero attached hydrogens (tertiary/aromatic N) is 2. The van der Waals surface area contributed by atoms with E-state index in [1.54, 1.807) is 11.2 Å². The molecular formula is C12H18N2O. The Bertz CT molecular complexity index is 296. The molecule has 0 radical (unpaired) electrons. The first-order chi connectivity index (χ1) is 7.18. The zero-order valence-electron chi connectivity index (χ0n) is 9.55. The second-order valence-electron chi connectivity index (χ2n) is 3.61. The van der Waals surface area contributed by atoms with Gasteiger partial charge in [-0.1, -0.05) is 30.3 Å². The van der Waals surface area contributed by atoms with Crippen molar-refractivity contribution in [2.24, 2.45) is 5.10 Å². The van der Waals surface area contributed by atoms with Gasteiger partial charge in [0.25, 0.3) is 0 Å². The number of hydrogen-bond donors (Lipinski definition) is 0. The predicted octanol–water partition coefficient (Wildman–Crippen LogP) is 2.14. The maximum Gasteiger partial charge on any atom is 0.0920 e. The first kappa shape index (κ1) is 11.7. The van der Waals surface area contributed by atoms with Gasteiger partial charge in [0, 0.05) is 14.1 Å². The SMILES string of the molecule is C[C@@H](/C=N/N(C)C)OCc1ccccc1. The Hall–Kier alpha value is -1.35. The van der Waals surface area contributed by atoms with E-state index in [1.165, 1.54) is 5.56 Å². The highest BCUT2D eigenvalue weighted by Crippen LogP contribution is 2.02. The average molecular weight is 206 g/mol. The summed E-state index contributed by atoms with van der Waals surface area (Å²) in [6.07, 6.45) is 1.83. The quantitative estimate of drug-likeness (QED) is 0.544. The molecule has 0 aromatic heterocycles. The molecule has 82 valence electrons. The fourth-order valence-corrected chi connectivity index (χ4v) is 1.07. The number of hydrogen-bond acceptors (Lipinski definition) is 3. The predicted molar refractivity (Wildman–Crippen MR) is 62.9 cm³/mol. The van der Waals surface area contributed by atoms with Crippen LogP contribution in [0.15, 0.2) is 35.4 Å². The number of ether oxygens (including phenoxy) is 1. The van der Waals surface area contributed by atoms with Crippen LogP contribution in [-0.2, 0) is 11.3 Å². The smallest absolute Gasteiger partial charge is 0.0920 e. The standard InChI is InChI=1S/C12H18N2O/c1-11(9-13-14(2)3)15-10-12-7-5-4-6-8-12/h4-9,11H,10H2,1-3H3/b13-9+/t11-/m0/s1. The highest BCUT2D eigenvalue weighted by molar-refractivity contribution is 5.61. The summed E-state index contributed by atoms with van der Waals surface area (Å²) in [5.74, 6) is 0. The molecule has 1 aromatic carbocycles. The largest absolute Gasteiger partial charge is 0.368 e. The molecule has 0 aliphatic rings. The van der Waals surface area contributed by atoms with Gasteiger partial charge >= 0.3 is 0 Å². The van der Waals surface area contributed by atoms with Gasteiger partial charge in [-0.05, 0) is 12.5 Å². The molecule has 0 aliphatic carbocycles. The van der Waals surface area contributed by atoms with Crippen molar-refractivity contribution in [2.75, 3.05) is 14.1 Å². The lowest BCUT2D eigenvalue weighted by molar-refractivity contribution is 0.0981. The van der Waals surface area contributed by atoms with Gasteiger partial charge in [-0.15, -0.1) is 0 Å². The fourth-order valence-electron chi connectivity index (χ4n) is 1.07. The van der Waals surface area contributed by atoms with Crippen molar-refractivity contribution in [3.05, 3.63) is 35.9 Å². The molecule has 0 saturated heterocycles. The van der Waals surface area contributed by atoms with Gasteiger partial charge in [-0.2, -0.15) is 5.10 Å². The maximum atomic E-state index is 5.60. The van der Waals surface area contributed by atoms with Gasteiger partial charge in [-0.25, -0.2) is 0 Å². The number of benzene rings is 1. The fraction of sp³-hybridized carbons (Fsp3) is 0.417. The van der Waals surface area contributed by atoms with Crippen LogP contribution in [0.1, 0.15) is 12.5 Å². The molecular weight excluding hydrogens is 188 g/mol. The molecule has 0 amide bonds. The van der Waals surface area contributed by atoms with Crippen LogP contribution >= 0.6 is 0 Å². The molecule has 1 rings (SSSR count). The average Bonchev–Trinajstić information content (AvgIpc) is 2.25. The van der Waals surface area contributed by atoms with Crippen molar-refractivity contribution < 1.29 is 4.74 Å². The Labute approximate surface area is 91.4 Å². The van der Waals surface area contributed by atoms with E-state index in [4.69, 9.17) is 4.74 Å². The van der Waals surface area contributed by atoms with E-state index < -0.39 is 0 Å². The topological polar surface area (TPSA) is 24.8 Å². The Morgan fingerprint density at radius 2 is 2.00 bits per heavy atom. The molecule has 0 bridgehead atoms. The van der Waals surface area contributed by atoms with E-state index in [1.807, 2.05) is 39.2 Å². The first-order valence-electron chi connectivity index (χ1n) is 5.05. The lowest BCUT2D eigenvalue weighted by Gasteiger charge is -2.09. The molecule has 1 aromatic rings. The van der Waals surface area contributed by atoms with E-state index in [2.05, 4.69) is 17.2 Å². The summed E-state index contributed by atoms with van der Waals surface area (Å²) in [5, 5.41) is 5.87. The highest BCUT2D eigenvalue weighted by atomic mass is 16.5. The van der Waals surface area contributed by atoms with Crippen LogP contribution in [0.4, 0.5) is 0 Å². The van der Waals surface area contributed by atoms with Crippen LogP contribution in [0.3, 0.4) is 0 Å². The van der Waals surface area contributed by atoms with Gasteiger partial charge in [0.05, 0.1) is 18.9 Å². The van der Waals surface area contributed by atoms with Crippen LogP contribution in [0.25, 0.3) is 0 Å². The molecule has 1 atom stereocenters. The van der Waals surface area contributed by atoms with Crippen molar-refractivity contribution in [2.45, 2.75) is 19.6 Å². The zero-order chi connectivity index (χ0) is 11.1. The minimum Gasteiger partial charge on any atom is -0.368 e. The molecule has 15 heavy (non-hydrogen) atoms. The van der Waals surface area contributed by atoms with E-state index in [-0.39, 0.29) is 6.10 Å². The summed E-state index contributed by atoms with van der Waals surface area (Å²) in [5.41, 5.74) is 1.18. The Balaban J connectivity index is 2.31. The number of rotatable bonds is 5. The van der Waals surface area contributed by atoms with Gasteiger partial charge in [0.1, 0.15) is 0 Å². The molecule has 0 unspecified atom stereocenters. The van der Waals surface area contributed by atoms with Crippen LogP contribution < -0.4 is 0 Å². The van der Waals surface area contributed by atoms with Crippen molar-refractivity contribution in [1.82, 2.24) is 5.01 Å². The maximum absolute atomic E-state index is 5.60. The van der Waals surface area contributed by atoms with E-state index in [9.17, 15) is 0 Å². The van der Waals surface area contributed by atoms with Crippen molar-refractivity contribution in [1.29, 1.82) is 0 Å². The van der Waals surface area contributed by atoms with E-state index in [0.717, 1.165) is 0 Å². The summed E-state index contributed by atoms with van der Waals surface area (Å²) in [6.45, 7) is 2.61. The van der Waals surface area contributed by atoms with Gasteiger partial charge in [0.2, 0.25) is 0 Å². The molecule has 0 spiro atoms. The van der Waals surface area contributed by atoms with Gasteiger partial charge in [-0.3, -0.25) is 0 Å². The second kappa shape index (κ2) is 6.19. The lowest BCUT2D eigenvalue weighted by Crippen LogP contribution is -2.12. The van der Waals surface area contributed by atoms with Crippen molar-refractivity contribution in [3.63, 3.8) is 0 Å². The van der Waals surface area contributed by atoms with Crippen LogP contribution in [-0.4, -0.2) is 31.4 Å². The molecule has 0 aliphatic heterocycles. The Morgan fingerprint density at radius 1 is 1.33 bits per heavy atom.